The van der Waals surface area contributed by atoms with Crippen LogP contribution in [0.5, 0.6) is 0 Å². The summed E-state index contributed by atoms with van der Waals surface area (Å²) in [7, 11) is 0. The molecule has 6 nitrogen and oxygen atoms in total. The number of carboxylic acid groups (broad SMARTS) is 1. The van der Waals surface area contributed by atoms with Gasteiger partial charge >= 0.3 is 12.0 Å². The predicted molar refractivity (Wildman–Crippen MR) is 61.6 cm³/mol. The summed E-state index contributed by atoms with van der Waals surface area (Å²) in [5, 5.41) is 20.9. The quantitative estimate of drug-likeness (QED) is 0.616. The summed E-state index contributed by atoms with van der Waals surface area (Å²) >= 11 is 0. The molecule has 2 unspecified atom stereocenters. The van der Waals surface area contributed by atoms with E-state index in [1.54, 1.807) is 0 Å². The van der Waals surface area contributed by atoms with Gasteiger partial charge in [-0.05, 0) is 13.8 Å². The van der Waals surface area contributed by atoms with Crippen LogP contribution in [-0.4, -0.2) is 52.3 Å². The Labute approximate surface area is 99.9 Å². The highest BCUT2D eigenvalue weighted by Gasteiger charge is 2.38. The van der Waals surface area contributed by atoms with Gasteiger partial charge in [0, 0.05) is 19.5 Å². The van der Waals surface area contributed by atoms with Crippen molar-refractivity contribution in [2.75, 3.05) is 13.1 Å². The second-order valence-electron chi connectivity index (χ2n) is 4.36. The van der Waals surface area contributed by atoms with Gasteiger partial charge in [-0.3, -0.25) is 0 Å². The molecule has 0 radical (unpaired) electrons. The van der Waals surface area contributed by atoms with Crippen molar-refractivity contribution < 1.29 is 19.8 Å². The fraction of sp³-hybridized carbons (Fsp3) is 0.636. The normalized spacial score (nSPS) is 23.4. The maximum atomic E-state index is 11.7. The highest BCUT2D eigenvalue weighted by atomic mass is 16.4. The summed E-state index contributed by atoms with van der Waals surface area (Å²) in [6.45, 7) is 4.25. The number of aliphatic carboxylic acids is 1. The molecule has 2 atom stereocenters. The van der Waals surface area contributed by atoms with Gasteiger partial charge in [0.2, 0.25) is 0 Å². The molecule has 1 aliphatic heterocycles. The van der Waals surface area contributed by atoms with Crippen molar-refractivity contribution in [3.63, 3.8) is 0 Å². The third-order valence-electron chi connectivity index (χ3n) is 2.59. The number of hydrogen-bond acceptors (Lipinski definition) is 3. The Morgan fingerprint density at radius 3 is 2.65 bits per heavy atom. The number of nitrogens with one attached hydrogen (secondary N) is 1. The zero-order valence-corrected chi connectivity index (χ0v) is 10.0. The van der Waals surface area contributed by atoms with Crippen molar-refractivity contribution in [3.8, 4) is 0 Å². The molecule has 1 heterocycles. The number of urea groups is 1. The van der Waals surface area contributed by atoms with Crippen LogP contribution in [-0.2, 0) is 4.79 Å². The van der Waals surface area contributed by atoms with E-state index in [4.69, 9.17) is 5.11 Å². The fourth-order valence-electron chi connectivity index (χ4n) is 1.72. The van der Waals surface area contributed by atoms with Gasteiger partial charge in [0.05, 0.1) is 6.10 Å². The standard InChI is InChI=1S/C11H18N2O4/c1-7(2)3-4-12-11(17)13-6-8(14)5-9(13)10(15)16/h3,8-9,14H,4-6H2,1-2H3,(H,12,17)(H,15,16). The first-order valence-electron chi connectivity index (χ1n) is 5.50. The predicted octanol–water partition coefficient (Wildman–Crippen LogP) is 0.182. The zero-order chi connectivity index (χ0) is 13.0. The van der Waals surface area contributed by atoms with E-state index in [2.05, 4.69) is 5.32 Å². The van der Waals surface area contributed by atoms with Crippen molar-refractivity contribution in [2.45, 2.75) is 32.4 Å². The fourth-order valence-corrected chi connectivity index (χ4v) is 1.72. The molecule has 0 aromatic carbocycles. The molecule has 0 spiro atoms. The lowest BCUT2D eigenvalue weighted by Crippen LogP contribution is -2.46. The summed E-state index contributed by atoms with van der Waals surface area (Å²) < 4.78 is 0. The summed E-state index contributed by atoms with van der Waals surface area (Å²) in [5.74, 6) is -1.08. The second-order valence-corrected chi connectivity index (χ2v) is 4.36. The molecular formula is C11H18N2O4. The Kier molecular flexibility index (Phi) is 4.51. The molecular weight excluding hydrogens is 224 g/mol. The van der Waals surface area contributed by atoms with E-state index in [0.29, 0.717) is 6.54 Å². The van der Waals surface area contributed by atoms with Crippen LogP contribution in [0, 0.1) is 0 Å². The number of carboxylic acids is 1. The molecule has 0 aromatic heterocycles. The summed E-state index contributed by atoms with van der Waals surface area (Å²) in [4.78, 5) is 23.8. The van der Waals surface area contributed by atoms with Crippen LogP contribution < -0.4 is 5.32 Å². The molecule has 17 heavy (non-hydrogen) atoms. The molecule has 96 valence electrons. The van der Waals surface area contributed by atoms with Gasteiger partial charge in [-0.1, -0.05) is 11.6 Å². The van der Waals surface area contributed by atoms with E-state index in [1.807, 2.05) is 19.9 Å². The molecule has 1 saturated heterocycles. The molecule has 0 aliphatic carbocycles. The Hall–Kier alpha value is -1.56. The highest BCUT2D eigenvalue weighted by molar-refractivity contribution is 5.83. The average Bonchev–Trinajstić information content (AvgIpc) is 2.59. The minimum absolute atomic E-state index is 0.0671. The number of rotatable bonds is 3. The second kappa shape index (κ2) is 5.67. The maximum Gasteiger partial charge on any atom is 0.326 e. The Morgan fingerprint density at radius 2 is 2.12 bits per heavy atom. The van der Waals surface area contributed by atoms with E-state index >= 15 is 0 Å². The molecule has 2 amide bonds. The first-order valence-corrected chi connectivity index (χ1v) is 5.50. The summed E-state index contributed by atoms with van der Waals surface area (Å²) in [6, 6.07) is -1.39. The third-order valence-corrected chi connectivity index (χ3v) is 2.59. The van der Waals surface area contributed by atoms with Crippen LogP contribution in [0.15, 0.2) is 11.6 Å². The van der Waals surface area contributed by atoms with E-state index in [1.165, 1.54) is 0 Å². The van der Waals surface area contributed by atoms with Crippen LogP contribution in [0.2, 0.25) is 0 Å². The number of aliphatic hydroxyl groups is 1. The SMILES string of the molecule is CC(C)=CCNC(=O)N1CC(O)CC1C(=O)O. The van der Waals surface area contributed by atoms with Crippen LogP contribution in [0.25, 0.3) is 0 Å². The van der Waals surface area contributed by atoms with Crippen molar-refractivity contribution in [3.05, 3.63) is 11.6 Å². The number of amides is 2. The van der Waals surface area contributed by atoms with Crippen LogP contribution in [0.4, 0.5) is 4.79 Å². The number of carbonyl (C=O) groups excluding carboxylic acids is 1. The molecule has 3 N–H and O–H groups in total. The molecule has 1 aliphatic rings. The summed E-state index contributed by atoms with van der Waals surface area (Å²) in [5.41, 5.74) is 1.07. The van der Waals surface area contributed by atoms with E-state index in [9.17, 15) is 14.7 Å². The van der Waals surface area contributed by atoms with E-state index in [-0.39, 0.29) is 13.0 Å². The van der Waals surface area contributed by atoms with E-state index in [0.717, 1.165) is 10.5 Å². The number of nitrogens with zero attached hydrogens (tertiary/aromatic N) is 1. The number of aliphatic hydroxyl groups excluding tert-OH is 1. The van der Waals surface area contributed by atoms with Crippen molar-refractivity contribution in [1.82, 2.24) is 10.2 Å². The highest BCUT2D eigenvalue weighted by Crippen LogP contribution is 2.17. The van der Waals surface area contributed by atoms with Gasteiger partial charge in [-0.2, -0.15) is 0 Å². The lowest BCUT2D eigenvalue weighted by atomic mass is 10.2. The number of β-amino-alcohol motifs (C(OH)–C–C–N with tert-alkyl or cyclic N) is 1. The smallest absolute Gasteiger partial charge is 0.326 e. The van der Waals surface area contributed by atoms with Crippen LogP contribution >= 0.6 is 0 Å². The van der Waals surface area contributed by atoms with Gasteiger partial charge in [-0.25, -0.2) is 9.59 Å². The molecule has 0 aromatic rings. The number of likely N-dealkylation sites (tertiary alicyclic amines) is 1. The third kappa shape index (κ3) is 3.74. The molecule has 0 bridgehead atoms. The Bertz CT molecular complexity index is 336. The minimum Gasteiger partial charge on any atom is -0.480 e. The van der Waals surface area contributed by atoms with Crippen LogP contribution in [0.3, 0.4) is 0 Å². The lowest BCUT2D eigenvalue weighted by molar-refractivity contribution is -0.141. The number of allylic oxidation sites excluding steroid dienone is 1. The van der Waals surface area contributed by atoms with E-state index < -0.39 is 24.1 Å². The maximum absolute atomic E-state index is 11.7. The number of hydrogen-bond donors (Lipinski definition) is 3. The van der Waals surface area contributed by atoms with Gasteiger partial charge in [-0.15, -0.1) is 0 Å². The first-order chi connectivity index (χ1) is 7.91. The topological polar surface area (TPSA) is 89.9 Å². The van der Waals surface area contributed by atoms with Crippen LogP contribution in [0.1, 0.15) is 20.3 Å². The zero-order valence-electron chi connectivity index (χ0n) is 10.0. The van der Waals surface area contributed by atoms with Gasteiger partial charge in [0.1, 0.15) is 6.04 Å². The average molecular weight is 242 g/mol. The van der Waals surface area contributed by atoms with Gasteiger partial charge < -0.3 is 20.4 Å². The van der Waals surface area contributed by atoms with Crippen molar-refractivity contribution >= 4 is 12.0 Å². The monoisotopic (exact) mass is 242 g/mol. The van der Waals surface area contributed by atoms with Crippen molar-refractivity contribution in [1.29, 1.82) is 0 Å². The Balaban J connectivity index is 2.55. The minimum atomic E-state index is -1.08. The van der Waals surface area contributed by atoms with Crippen molar-refractivity contribution in [2.24, 2.45) is 0 Å². The largest absolute Gasteiger partial charge is 0.480 e. The molecule has 6 heteroatoms. The molecule has 1 rings (SSSR count). The van der Waals surface area contributed by atoms with Gasteiger partial charge in [0.25, 0.3) is 0 Å². The Morgan fingerprint density at radius 1 is 1.47 bits per heavy atom. The number of carbonyl (C=O) groups is 2. The first kappa shape index (κ1) is 13.5. The van der Waals surface area contributed by atoms with Gasteiger partial charge in [0.15, 0.2) is 0 Å². The summed E-state index contributed by atoms with van der Waals surface area (Å²) in [6.07, 6.45) is 1.16. The lowest BCUT2D eigenvalue weighted by Gasteiger charge is -2.21. The molecule has 1 fully saturated rings. The molecule has 0 saturated carbocycles.